The smallest absolute Gasteiger partial charge is 0.0300 e. The molecule has 0 atom stereocenters. The molecule has 0 aromatic heterocycles. The molecule has 0 aromatic rings. The number of allylic oxidation sites excluding steroid dienone is 7. The van der Waals surface area contributed by atoms with Crippen LogP contribution in [-0.4, -0.2) is 0 Å². The second kappa shape index (κ2) is 8.13. The highest BCUT2D eigenvalue weighted by molar-refractivity contribution is 5.38. The maximum absolute atomic E-state index is 4.23. The lowest BCUT2D eigenvalue weighted by Gasteiger charge is -2.09. The Bertz CT molecular complexity index is 363. The molecule has 0 N–H and O–H groups in total. The molecule has 0 nitrogen and oxygen atoms in total. The Morgan fingerprint density at radius 3 is 2.67 bits per heavy atom. The summed E-state index contributed by atoms with van der Waals surface area (Å²) in [4.78, 5) is 0. The summed E-state index contributed by atoms with van der Waals surface area (Å²) in [5.74, 6) is 0. The van der Waals surface area contributed by atoms with E-state index in [0.717, 1.165) is 6.42 Å². The van der Waals surface area contributed by atoms with Crippen LogP contribution < -0.4 is 0 Å². The molecule has 0 spiro atoms. The number of hydrogen-bond acceptors (Lipinski definition) is 0. The van der Waals surface area contributed by atoms with Crippen molar-refractivity contribution in [1.82, 2.24) is 0 Å². The highest BCUT2D eigenvalue weighted by atomic mass is 14.1. The van der Waals surface area contributed by atoms with Gasteiger partial charge in [0.2, 0.25) is 0 Å². The third-order valence-electron chi connectivity index (χ3n) is 3.78. The number of rotatable bonds is 3. The lowest BCUT2D eigenvalue weighted by molar-refractivity contribution is 0.757. The van der Waals surface area contributed by atoms with Crippen molar-refractivity contribution >= 4 is 0 Å². The van der Waals surface area contributed by atoms with E-state index < -0.39 is 0 Å². The van der Waals surface area contributed by atoms with Crippen LogP contribution in [0.25, 0.3) is 0 Å². The van der Waals surface area contributed by atoms with Gasteiger partial charge in [-0.25, -0.2) is 0 Å². The van der Waals surface area contributed by atoms with E-state index in [2.05, 4.69) is 45.6 Å². The monoisotopic (exact) mass is 244 g/mol. The van der Waals surface area contributed by atoms with Crippen LogP contribution in [0.1, 0.15) is 65.7 Å². The predicted molar refractivity (Wildman–Crippen MR) is 82.7 cm³/mol. The van der Waals surface area contributed by atoms with Gasteiger partial charge in [0.15, 0.2) is 0 Å². The van der Waals surface area contributed by atoms with Crippen molar-refractivity contribution < 1.29 is 0 Å². The molecule has 0 unspecified atom stereocenters. The third-order valence-corrected chi connectivity index (χ3v) is 3.78. The van der Waals surface area contributed by atoms with E-state index in [0.29, 0.717) is 0 Å². The Morgan fingerprint density at radius 2 is 2.00 bits per heavy atom. The highest BCUT2D eigenvalue weighted by Crippen LogP contribution is 2.24. The molecule has 18 heavy (non-hydrogen) atoms. The van der Waals surface area contributed by atoms with E-state index in [9.17, 15) is 0 Å². The fourth-order valence-corrected chi connectivity index (χ4v) is 2.60. The van der Waals surface area contributed by atoms with E-state index in [4.69, 9.17) is 0 Å². The first-order valence-electron chi connectivity index (χ1n) is 7.37. The quantitative estimate of drug-likeness (QED) is 0.414. The van der Waals surface area contributed by atoms with Gasteiger partial charge in [0.05, 0.1) is 0 Å². The second-order valence-electron chi connectivity index (χ2n) is 5.29. The first-order valence-corrected chi connectivity index (χ1v) is 7.37. The molecule has 100 valence electrons. The van der Waals surface area contributed by atoms with Gasteiger partial charge in [-0.05, 0) is 69.9 Å². The van der Waals surface area contributed by atoms with Gasteiger partial charge in [-0.15, -0.1) is 0 Å². The van der Waals surface area contributed by atoms with Crippen LogP contribution in [0.4, 0.5) is 0 Å². The molecule has 0 saturated heterocycles. The molecular formula is C18H28. The summed E-state index contributed by atoms with van der Waals surface area (Å²) in [6.45, 7) is 10.8. The molecular weight excluding hydrogens is 216 g/mol. The fourth-order valence-electron chi connectivity index (χ4n) is 2.60. The third kappa shape index (κ3) is 5.08. The maximum atomic E-state index is 4.23. The Hall–Kier alpha value is -1.04. The van der Waals surface area contributed by atoms with Crippen LogP contribution in [0.5, 0.6) is 0 Å². The highest BCUT2D eigenvalue weighted by Gasteiger charge is 2.04. The molecule has 0 saturated carbocycles. The lowest BCUT2D eigenvalue weighted by atomic mass is 9.97. The predicted octanol–water partition coefficient (Wildman–Crippen LogP) is 6.13. The summed E-state index contributed by atoms with van der Waals surface area (Å²) in [6, 6.07) is 0. The van der Waals surface area contributed by atoms with E-state index in [-0.39, 0.29) is 0 Å². The van der Waals surface area contributed by atoms with Crippen molar-refractivity contribution in [2.45, 2.75) is 65.7 Å². The summed E-state index contributed by atoms with van der Waals surface area (Å²) in [6.07, 6.45) is 15.6. The zero-order valence-electron chi connectivity index (χ0n) is 12.4. The lowest BCUT2D eigenvalue weighted by Crippen LogP contribution is -1.89. The Labute approximate surface area is 113 Å². The van der Waals surface area contributed by atoms with E-state index in [1.54, 1.807) is 11.1 Å². The average Bonchev–Trinajstić information content (AvgIpc) is 2.44. The summed E-state index contributed by atoms with van der Waals surface area (Å²) < 4.78 is 0. The van der Waals surface area contributed by atoms with E-state index in [1.165, 1.54) is 49.7 Å². The molecule has 0 amide bonds. The minimum atomic E-state index is 1.08. The van der Waals surface area contributed by atoms with Gasteiger partial charge in [0.1, 0.15) is 0 Å². The van der Waals surface area contributed by atoms with Gasteiger partial charge < -0.3 is 0 Å². The molecule has 1 aliphatic rings. The Morgan fingerprint density at radius 1 is 1.28 bits per heavy atom. The summed E-state index contributed by atoms with van der Waals surface area (Å²) in [5.41, 5.74) is 5.77. The molecule has 1 rings (SSSR count). The van der Waals surface area contributed by atoms with Gasteiger partial charge in [0, 0.05) is 0 Å². The van der Waals surface area contributed by atoms with Gasteiger partial charge >= 0.3 is 0 Å². The molecule has 0 aliphatic heterocycles. The standard InChI is InChI=1S/C18H28/c1-5-18(6-2)16(4)14-17-12-8-7-10-15(3)11-9-13-17/h5,10,14H,4,6-9,11-13H2,1-3H3. The van der Waals surface area contributed by atoms with Crippen LogP contribution in [0, 0.1) is 0 Å². The van der Waals surface area contributed by atoms with Crippen LogP contribution in [0.15, 0.2) is 47.1 Å². The molecule has 0 fully saturated rings. The van der Waals surface area contributed by atoms with Gasteiger partial charge in [-0.2, -0.15) is 0 Å². The van der Waals surface area contributed by atoms with Crippen molar-refractivity contribution in [3.63, 3.8) is 0 Å². The van der Waals surface area contributed by atoms with Crippen molar-refractivity contribution in [2.75, 3.05) is 0 Å². The minimum absolute atomic E-state index is 1.08. The summed E-state index contributed by atoms with van der Waals surface area (Å²) in [5, 5.41) is 0. The molecule has 0 radical (unpaired) electrons. The first-order chi connectivity index (χ1) is 8.67. The van der Waals surface area contributed by atoms with Gasteiger partial charge in [-0.1, -0.05) is 42.9 Å². The normalized spacial score (nSPS) is 20.9. The topological polar surface area (TPSA) is 0 Å². The second-order valence-corrected chi connectivity index (χ2v) is 5.29. The summed E-state index contributed by atoms with van der Waals surface area (Å²) >= 11 is 0. The Balaban J connectivity index is 2.67. The Kier molecular flexibility index (Phi) is 6.78. The van der Waals surface area contributed by atoms with Crippen molar-refractivity contribution in [2.24, 2.45) is 0 Å². The van der Waals surface area contributed by atoms with Crippen LogP contribution in [-0.2, 0) is 0 Å². The molecule has 0 heteroatoms. The SMILES string of the molecule is C=C(C=C1CCCC=C(C)CCC1)C(=CC)CC. The summed E-state index contributed by atoms with van der Waals surface area (Å²) in [7, 11) is 0. The van der Waals surface area contributed by atoms with Gasteiger partial charge in [-0.3, -0.25) is 0 Å². The average molecular weight is 244 g/mol. The molecule has 0 aromatic carbocycles. The zero-order valence-corrected chi connectivity index (χ0v) is 12.4. The molecule has 1 aliphatic carbocycles. The maximum Gasteiger partial charge on any atom is -0.0300 e. The van der Waals surface area contributed by atoms with Crippen LogP contribution >= 0.6 is 0 Å². The minimum Gasteiger partial charge on any atom is -0.0915 e. The van der Waals surface area contributed by atoms with E-state index >= 15 is 0 Å². The van der Waals surface area contributed by atoms with Gasteiger partial charge in [0.25, 0.3) is 0 Å². The van der Waals surface area contributed by atoms with Crippen LogP contribution in [0.2, 0.25) is 0 Å². The first kappa shape index (κ1) is 15.0. The molecule has 0 bridgehead atoms. The van der Waals surface area contributed by atoms with Crippen molar-refractivity contribution in [1.29, 1.82) is 0 Å². The number of hydrogen-bond donors (Lipinski definition) is 0. The fraction of sp³-hybridized carbons (Fsp3) is 0.556. The van der Waals surface area contributed by atoms with Crippen molar-refractivity contribution in [3.8, 4) is 0 Å². The zero-order chi connectivity index (χ0) is 13.4. The molecule has 0 heterocycles. The van der Waals surface area contributed by atoms with Crippen LogP contribution in [0.3, 0.4) is 0 Å². The van der Waals surface area contributed by atoms with E-state index in [1.807, 2.05) is 0 Å². The largest absolute Gasteiger partial charge is 0.0915 e. The van der Waals surface area contributed by atoms with Crippen molar-refractivity contribution in [3.05, 3.63) is 47.1 Å².